The van der Waals surface area contributed by atoms with E-state index in [0.29, 0.717) is 0 Å². The molecule has 0 unspecified atom stereocenters. The van der Waals surface area contributed by atoms with Crippen molar-refractivity contribution < 1.29 is 4.49 Å². The molecule has 3 aromatic carbocycles. The molecule has 222 valence electrons. The molecule has 0 saturated carbocycles. The summed E-state index contributed by atoms with van der Waals surface area (Å²) in [6, 6.07) is 25.3. The summed E-state index contributed by atoms with van der Waals surface area (Å²) in [4.78, 5) is 3.78. The second-order valence-electron chi connectivity index (χ2n) is 11.9. The summed E-state index contributed by atoms with van der Waals surface area (Å²) in [6.07, 6.45) is 17.0. The van der Waals surface area contributed by atoms with E-state index in [4.69, 9.17) is 7.98 Å². The van der Waals surface area contributed by atoms with Gasteiger partial charge in [0.25, 0.3) is 0 Å². The number of aromatic nitrogens is 1. The number of nitrogens with zero attached hydrogens (tertiary/aromatic N) is 1. The number of hydrogen-bond acceptors (Lipinski definition) is 0. The van der Waals surface area contributed by atoms with Gasteiger partial charge in [-0.15, -0.1) is 0 Å². The van der Waals surface area contributed by atoms with Gasteiger partial charge in [-0.3, -0.25) is 4.49 Å². The van der Waals surface area contributed by atoms with Crippen molar-refractivity contribution in [2.45, 2.75) is 48.5 Å². The summed E-state index contributed by atoms with van der Waals surface area (Å²) in [5.74, 6) is 0. The Morgan fingerprint density at radius 2 is 1.18 bits per heavy atom. The highest BCUT2D eigenvalue weighted by molar-refractivity contribution is 6.11. The molecule has 2 nitrogen and oxygen atoms in total. The fourth-order valence-electron chi connectivity index (χ4n) is 6.40. The molecular formula is C42H42BN2+. The van der Waals surface area contributed by atoms with Crippen molar-refractivity contribution >= 4 is 37.5 Å². The summed E-state index contributed by atoms with van der Waals surface area (Å²) < 4.78 is 1.87. The highest BCUT2D eigenvalue weighted by atomic mass is 15.0. The maximum absolute atomic E-state index is 6.96. The van der Waals surface area contributed by atoms with E-state index < -0.39 is 0 Å². The number of allylic oxidation sites excluding steroid dienone is 7. The van der Waals surface area contributed by atoms with Crippen LogP contribution in [0.25, 0.3) is 23.8 Å². The van der Waals surface area contributed by atoms with E-state index >= 15 is 0 Å². The smallest absolute Gasteiger partial charge is 0.358 e. The van der Waals surface area contributed by atoms with Crippen LogP contribution in [0.1, 0.15) is 69.7 Å². The first kappa shape index (κ1) is 31.5. The van der Waals surface area contributed by atoms with Crippen molar-refractivity contribution in [1.29, 1.82) is 0 Å². The number of aromatic amines is 1. The van der Waals surface area contributed by atoms with Crippen molar-refractivity contribution in [2.24, 2.45) is 0 Å². The number of hydrogen-bond donors (Lipinski definition) is 1. The molecule has 1 N–H and O–H groups in total. The van der Waals surface area contributed by atoms with E-state index in [9.17, 15) is 0 Å². The largest absolute Gasteiger partial charge is 0.587 e. The second kappa shape index (κ2) is 13.8. The minimum absolute atomic E-state index is 1.03. The van der Waals surface area contributed by atoms with Crippen LogP contribution in [-0.4, -0.2) is 23.2 Å². The Hall–Kier alpha value is -4.89. The first-order valence-electron chi connectivity index (χ1n) is 15.6. The summed E-state index contributed by atoms with van der Waals surface area (Å²) in [6.45, 7) is 15.2. The lowest BCUT2D eigenvalue weighted by Crippen LogP contribution is -2.13. The minimum Gasteiger partial charge on any atom is -0.358 e. The first-order chi connectivity index (χ1) is 21.7. The maximum Gasteiger partial charge on any atom is 0.587 e. The van der Waals surface area contributed by atoms with Crippen molar-refractivity contribution in [3.8, 4) is 0 Å². The molecule has 1 aromatic heterocycles. The van der Waals surface area contributed by atoms with Crippen LogP contribution >= 0.6 is 0 Å². The van der Waals surface area contributed by atoms with Gasteiger partial charge in [0.05, 0.1) is 11.3 Å². The van der Waals surface area contributed by atoms with Gasteiger partial charge >= 0.3 is 7.98 Å². The molecule has 0 aliphatic carbocycles. The Kier molecular flexibility index (Phi) is 9.69. The Bertz CT molecular complexity index is 1920. The van der Waals surface area contributed by atoms with E-state index in [2.05, 4.69) is 163 Å². The van der Waals surface area contributed by atoms with Crippen LogP contribution in [0.15, 0.2) is 120 Å². The van der Waals surface area contributed by atoms with Gasteiger partial charge in [-0.05, 0) is 86.6 Å². The number of aryl methyl sites for hydroxylation is 4. The van der Waals surface area contributed by atoms with Crippen molar-refractivity contribution in [2.75, 3.05) is 0 Å². The molecule has 45 heavy (non-hydrogen) atoms. The Labute approximate surface area is 270 Å². The van der Waals surface area contributed by atoms with E-state index in [-0.39, 0.29) is 0 Å². The fraction of sp³-hybridized carbons (Fsp3) is 0.167. The van der Waals surface area contributed by atoms with Gasteiger partial charge in [0, 0.05) is 23.8 Å². The van der Waals surface area contributed by atoms with Crippen LogP contribution in [0.3, 0.4) is 0 Å². The Morgan fingerprint density at radius 3 is 1.73 bits per heavy atom. The standard InChI is InChI=1S/C42H42BN2/c1-28-26-29(2)39(30(3)27-28)40(41-31(4)37(33(6)44-41)24-16-14-22-35-18-10-8-11-19-35)42-32(5)38(34(7)45(42)43)25-17-15-23-36-20-12-9-13-21-36/h8-27,44H,1-7H3/q+1/b22-14+,23-15+,24-16+,25-17+. The molecule has 5 rings (SSSR count). The van der Waals surface area contributed by atoms with Gasteiger partial charge in [0.1, 0.15) is 0 Å². The van der Waals surface area contributed by atoms with Gasteiger partial charge in [-0.25, -0.2) is 0 Å². The third kappa shape index (κ3) is 6.78. The number of benzene rings is 3. The number of H-pyrrole nitrogens is 1. The first-order valence-corrected chi connectivity index (χ1v) is 15.6. The lowest BCUT2D eigenvalue weighted by molar-refractivity contribution is -0.301. The lowest BCUT2D eigenvalue weighted by Gasteiger charge is -2.17. The van der Waals surface area contributed by atoms with Crippen LogP contribution in [0.5, 0.6) is 0 Å². The number of rotatable bonds is 8. The average molecular weight is 586 g/mol. The molecule has 0 amide bonds. The average Bonchev–Trinajstić information content (AvgIpc) is 3.41. The topological polar surface area (TPSA) is 18.8 Å². The third-order valence-electron chi connectivity index (χ3n) is 8.59. The normalized spacial score (nSPS) is 15.3. The SMILES string of the molecule is [B][N+]1=C(C)C(/C=C/C=C/c2ccccc2)=C(C)C/1=C(/c1[nH]c(C)c(/C=C/C=C/c2ccccc2)c1C)c1c(C)cc(C)cc1C. The van der Waals surface area contributed by atoms with Gasteiger partial charge < -0.3 is 4.98 Å². The molecule has 2 radical (unpaired) electrons. The lowest BCUT2D eigenvalue weighted by atomic mass is 9.87. The summed E-state index contributed by atoms with van der Waals surface area (Å²) in [5.41, 5.74) is 17.4. The molecular weight excluding hydrogens is 543 g/mol. The number of nitrogens with one attached hydrogen (secondary N) is 1. The molecule has 3 heteroatoms. The summed E-state index contributed by atoms with van der Waals surface area (Å²) >= 11 is 0. The molecule has 0 atom stereocenters. The van der Waals surface area contributed by atoms with Gasteiger partial charge in [0.15, 0.2) is 11.4 Å². The molecule has 4 aromatic rings. The second-order valence-corrected chi connectivity index (χ2v) is 11.9. The quantitative estimate of drug-likeness (QED) is 0.157. The zero-order valence-corrected chi connectivity index (χ0v) is 27.6. The van der Waals surface area contributed by atoms with Crippen molar-refractivity contribution in [3.63, 3.8) is 0 Å². The fourth-order valence-corrected chi connectivity index (χ4v) is 6.40. The third-order valence-corrected chi connectivity index (χ3v) is 8.59. The van der Waals surface area contributed by atoms with Gasteiger partial charge in [-0.1, -0.05) is 121 Å². The zero-order chi connectivity index (χ0) is 32.1. The van der Waals surface area contributed by atoms with E-state index in [0.717, 1.165) is 39.5 Å². The highest BCUT2D eigenvalue weighted by Gasteiger charge is 2.34. The molecule has 0 fully saturated rings. The summed E-state index contributed by atoms with van der Waals surface area (Å²) in [7, 11) is 6.96. The predicted octanol–water partition coefficient (Wildman–Crippen LogP) is 10.2. The van der Waals surface area contributed by atoms with E-state index in [1.54, 1.807) is 0 Å². The predicted molar refractivity (Wildman–Crippen MR) is 195 cm³/mol. The minimum atomic E-state index is 1.03. The Balaban J connectivity index is 1.64. The highest BCUT2D eigenvalue weighted by Crippen LogP contribution is 2.40. The van der Waals surface area contributed by atoms with E-state index in [1.807, 2.05) is 16.6 Å². The van der Waals surface area contributed by atoms with Crippen LogP contribution in [0.2, 0.25) is 0 Å². The van der Waals surface area contributed by atoms with Crippen LogP contribution < -0.4 is 0 Å². The molecule has 0 bridgehead atoms. The zero-order valence-electron chi connectivity index (χ0n) is 27.6. The molecule has 2 heterocycles. The van der Waals surface area contributed by atoms with Crippen LogP contribution in [0, 0.1) is 34.6 Å². The Morgan fingerprint density at radius 1 is 0.667 bits per heavy atom. The monoisotopic (exact) mass is 585 g/mol. The van der Waals surface area contributed by atoms with Crippen LogP contribution in [0.4, 0.5) is 0 Å². The molecule has 0 spiro atoms. The summed E-state index contributed by atoms with van der Waals surface area (Å²) in [5, 5.41) is 0. The molecule has 0 saturated heterocycles. The maximum atomic E-state index is 6.96. The molecule has 1 aliphatic heterocycles. The van der Waals surface area contributed by atoms with Crippen molar-refractivity contribution in [1.82, 2.24) is 4.98 Å². The van der Waals surface area contributed by atoms with Crippen molar-refractivity contribution in [3.05, 3.63) is 176 Å². The van der Waals surface area contributed by atoms with Crippen LogP contribution in [-0.2, 0) is 0 Å². The molecule has 1 aliphatic rings. The van der Waals surface area contributed by atoms with Gasteiger partial charge in [0.2, 0.25) is 0 Å². The van der Waals surface area contributed by atoms with E-state index in [1.165, 1.54) is 44.5 Å². The van der Waals surface area contributed by atoms with Gasteiger partial charge in [-0.2, -0.15) is 0 Å².